The summed E-state index contributed by atoms with van der Waals surface area (Å²) in [6.45, 7) is 4.02. The number of rotatable bonds is 4. The van der Waals surface area contributed by atoms with Crippen molar-refractivity contribution in [2.45, 2.75) is 38.7 Å². The van der Waals surface area contributed by atoms with Gasteiger partial charge >= 0.3 is 0 Å². The summed E-state index contributed by atoms with van der Waals surface area (Å²) in [5, 5.41) is 10.2. The number of aliphatic hydroxyl groups is 1. The molecule has 0 saturated heterocycles. The molecule has 1 aromatic heterocycles. The lowest BCUT2D eigenvalue weighted by molar-refractivity contribution is 0.000730. The fourth-order valence-corrected chi connectivity index (χ4v) is 2.06. The summed E-state index contributed by atoms with van der Waals surface area (Å²) < 4.78 is 6.13. The van der Waals surface area contributed by atoms with E-state index in [0.717, 1.165) is 17.3 Å². The third kappa shape index (κ3) is 2.15. The van der Waals surface area contributed by atoms with E-state index in [4.69, 9.17) is 4.42 Å². The first-order chi connectivity index (χ1) is 6.14. The Labute approximate surface area is 87.1 Å². The molecule has 1 atom stereocenters. The largest absolute Gasteiger partial charge is 0.465 e. The first-order valence-corrected chi connectivity index (χ1v) is 5.39. The van der Waals surface area contributed by atoms with Gasteiger partial charge in [-0.1, -0.05) is 20.3 Å². The normalized spacial score (nSPS) is 15.7. The summed E-state index contributed by atoms with van der Waals surface area (Å²) in [4.78, 5) is 0. The molecule has 0 amide bonds. The molecule has 0 aliphatic rings. The molecule has 2 nitrogen and oxygen atoms in total. The molecule has 0 fully saturated rings. The van der Waals surface area contributed by atoms with E-state index < -0.39 is 5.60 Å². The fourth-order valence-electron chi connectivity index (χ4n) is 1.49. The Kier molecular flexibility index (Phi) is 3.56. The Bertz CT molecular complexity index is 270. The van der Waals surface area contributed by atoms with E-state index in [1.54, 1.807) is 6.26 Å². The lowest BCUT2D eigenvalue weighted by Crippen LogP contribution is -2.24. The lowest BCUT2D eigenvalue weighted by atomic mass is 9.92. The van der Waals surface area contributed by atoms with Crippen molar-refractivity contribution in [1.29, 1.82) is 0 Å². The van der Waals surface area contributed by atoms with Crippen molar-refractivity contribution in [2.24, 2.45) is 0 Å². The second-order valence-electron chi connectivity index (χ2n) is 3.23. The van der Waals surface area contributed by atoms with Crippen molar-refractivity contribution in [2.75, 3.05) is 0 Å². The fraction of sp³-hybridized carbons (Fsp3) is 0.600. The highest BCUT2D eigenvalue weighted by molar-refractivity contribution is 9.10. The van der Waals surface area contributed by atoms with Crippen molar-refractivity contribution in [1.82, 2.24) is 0 Å². The summed E-state index contributed by atoms with van der Waals surface area (Å²) >= 11 is 3.36. The SMILES string of the molecule is CCCC(O)(CC)c1occc1Br. The van der Waals surface area contributed by atoms with E-state index in [9.17, 15) is 5.11 Å². The van der Waals surface area contributed by atoms with Crippen LogP contribution in [0.15, 0.2) is 21.2 Å². The zero-order valence-electron chi connectivity index (χ0n) is 8.01. The Hall–Kier alpha value is -0.280. The maximum absolute atomic E-state index is 10.2. The summed E-state index contributed by atoms with van der Waals surface area (Å²) in [5.41, 5.74) is -0.808. The van der Waals surface area contributed by atoms with Gasteiger partial charge in [-0.2, -0.15) is 0 Å². The van der Waals surface area contributed by atoms with Gasteiger partial charge in [0.2, 0.25) is 0 Å². The maximum Gasteiger partial charge on any atom is 0.149 e. The number of furan rings is 1. The first-order valence-electron chi connectivity index (χ1n) is 4.60. The molecule has 1 aromatic rings. The summed E-state index contributed by atoms with van der Waals surface area (Å²) in [7, 11) is 0. The highest BCUT2D eigenvalue weighted by Gasteiger charge is 2.31. The number of hydrogen-bond acceptors (Lipinski definition) is 2. The third-order valence-corrected chi connectivity index (χ3v) is 2.91. The van der Waals surface area contributed by atoms with E-state index in [1.165, 1.54) is 0 Å². The van der Waals surface area contributed by atoms with Crippen LogP contribution in [0.3, 0.4) is 0 Å². The van der Waals surface area contributed by atoms with Gasteiger partial charge in [0.05, 0.1) is 10.7 Å². The van der Waals surface area contributed by atoms with Crippen molar-refractivity contribution in [3.05, 3.63) is 22.6 Å². The minimum Gasteiger partial charge on any atom is -0.465 e. The monoisotopic (exact) mass is 246 g/mol. The molecule has 1 N–H and O–H groups in total. The van der Waals surface area contributed by atoms with E-state index in [-0.39, 0.29) is 0 Å². The molecule has 1 heterocycles. The van der Waals surface area contributed by atoms with Gasteiger partial charge in [0, 0.05) is 0 Å². The van der Waals surface area contributed by atoms with Crippen molar-refractivity contribution < 1.29 is 9.52 Å². The van der Waals surface area contributed by atoms with Crippen molar-refractivity contribution in [3.63, 3.8) is 0 Å². The molecule has 0 bridgehead atoms. The summed E-state index contributed by atoms with van der Waals surface area (Å²) in [6, 6.07) is 1.81. The Morgan fingerprint density at radius 2 is 2.23 bits per heavy atom. The van der Waals surface area contributed by atoms with Gasteiger partial charge in [-0.05, 0) is 34.8 Å². The van der Waals surface area contributed by atoms with Gasteiger partial charge in [0.15, 0.2) is 0 Å². The topological polar surface area (TPSA) is 33.4 Å². The molecular weight excluding hydrogens is 232 g/mol. The van der Waals surface area contributed by atoms with Crippen LogP contribution in [0.25, 0.3) is 0 Å². The summed E-state index contributed by atoms with van der Waals surface area (Å²) in [6.07, 6.45) is 3.94. The van der Waals surface area contributed by atoms with Gasteiger partial charge in [-0.3, -0.25) is 0 Å². The van der Waals surface area contributed by atoms with Crippen LogP contribution in [0.1, 0.15) is 38.9 Å². The van der Waals surface area contributed by atoms with Gasteiger partial charge in [-0.15, -0.1) is 0 Å². The predicted molar refractivity (Wildman–Crippen MR) is 55.5 cm³/mol. The molecule has 1 rings (SSSR count). The van der Waals surface area contributed by atoms with E-state index in [0.29, 0.717) is 12.2 Å². The molecule has 0 aliphatic heterocycles. The third-order valence-electron chi connectivity index (χ3n) is 2.29. The van der Waals surface area contributed by atoms with Crippen LogP contribution in [-0.4, -0.2) is 5.11 Å². The zero-order chi connectivity index (χ0) is 9.90. The van der Waals surface area contributed by atoms with Crippen LogP contribution in [0.2, 0.25) is 0 Å². The molecule has 0 spiro atoms. The van der Waals surface area contributed by atoms with Crippen LogP contribution in [-0.2, 0) is 5.60 Å². The van der Waals surface area contributed by atoms with Gasteiger partial charge in [-0.25, -0.2) is 0 Å². The average Bonchev–Trinajstić information content (AvgIpc) is 2.52. The van der Waals surface area contributed by atoms with E-state index in [2.05, 4.69) is 22.9 Å². The quantitative estimate of drug-likeness (QED) is 0.884. The smallest absolute Gasteiger partial charge is 0.149 e. The Morgan fingerprint density at radius 3 is 2.62 bits per heavy atom. The average molecular weight is 247 g/mol. The molecule has 0 saturated carbocycles. The highest BCUT2D eigenvalue weighted by atomic mass is 79.9. The minimum atomic E-state index is -0.808. The molecule has 74 valence electrons. The van der Waals surface area contributed by atoms with E-state index in [1.807, 2.05) is 13.0 Å². The number of hydrogen-bond donors (Lipinski definition) is 1. The second-order valence-corrected chi connectivity index (χ2v) is 4.09. The van der Waals surface area contributed by atoms with E-state index >= 15 is 0 Å². The highest BCUT2D eigenvalue weighted by Crippen LogP contribution is 2.35. The molecule has 0 aromatic carbocycles. The van der Waals surface area contributed by atoms with Gasteiger partial charge < -0.3 is 9.52 Å². The van der Waals surface area contributed by atoms with Crippen LogP contribution < -0.4 is 0 Å². The number of halogens is 1. The lowest BCUT2D eigenvalue weighted by Gasteiger charge is -2.24. The van der Waals surface area contributed by atoms with Crippen molar-refractivity contribution in [3.8, 4) is 0 Å². The zero-order valence-corrected chi connectivity index (χ0v) is 9.60. The maximum atomic E-state index is 10.2. The predicted octanol–water partition coefficient (Wildman–Crippen LogP) is 3.44. The molecular formula is C10H15BrO2. The Balaban J connectivity index is 2.95. The Morgan fingerprint density at radius 1 is 1.54 bits per heavy atom. The summed E-state index contributed by atoms with van der Waals surface area (Å²) in [5.74, 6) is 0.650. The van der Waals surface area contributed by atoms with Gasteiger partial charge in [0.1, 0.15) is 11.4 Å². The second kappa shape index (κ2) is 4.29. The van der Waals surface area contributed by atoms with Crippen molar-refractivity contribution >= 4 is 15.9 Å². The standard InChI is InChI=1S/C10H15BrO2/c1-3-6-10(12,4-2)9-8(11)5-7-13-9/h5,7,12H,3-4,6H2,1-2H3. The molecule has 0 aliphatic carbocycles. The molecule has 3 heteroatoms. The van der Waals surface area contributed by atoms with Crippen LogP contribution in [0, 0.1) is 0 Å². The molecule has 0 radical (unpaired) electrons. The van der Waals surface area contributed by atoms with Crippen LogP contribution in [0.5, 0.6) is 0 Å². The molecule has 1 unspecified atom stereocenters. The minimum absolute atomic E-state index is 0.650. The first kappa shape index (κ1) is 10.8. The van der Waals surface area contributed by atoms with Gasteiger partial charge in [0.25, 0.3) is 0 Å². The van der Waals surface area contributed by atoms with Crippen LogP contribution in [0.4, 0.5) is 0 Å². The van der Waals surface area contributed by atoms with Crippen LogP contribution >= 0.6 is 15.9 Å². The molecule has 13 heavy (non-hydrogen) atoms.